The highest BCUT2D eigenvalue weighted by Gasteiger charge is 2.18. The molecule has 5 heteroatoms. The van der Waals surface area contributed by atoms with E-state index >= 15 is 0 Å². The SMILES string of the molecule is Fc1ccc(-c2nc3cc(-c4ccc(-c5nc(-c6ccccc6)nc(-c6ccccc6)n5)c5ccccc45)ccc3c3c2ccc2ccccc23)cc1. The summed E-state index contributed by atoms with van der Waals surface area (Å²) in [6.45, 7) is 0. The predicted octanol–water partition coefficient (Wildman–Crippen LogP) is 12.4. The lowest BCUT2D eigenvalue weighted by Gasteiger charge is -2.15. The number of nitrogens with zero attached hydrogens (tertiary/aromatic N) is 4. The molecule has 0 atom stereocenters. The average Bonchev–Trinajstić information content (AvgIpc) is 3.23. The summed E-state index contributed by atoms with van der Waals surface area (Å²) in [5, 5.41) is 7.68. The van der Waals surface area contributed by atoms with Crippen molar-refractivity contribution in [1.29, 1.82) is 0 Å². The Morgan fingerprint density at radius 2 is 0.887 bits per heavy atom. The fraction of sp³-hybridized carbons (Fsp3) is 0. The van der Waals surface area contributed by atoms with Crippen LogP contribution in [0, 0.1) is 5.82 Å². The van der Waals surface area contributed by atoms with E-state index in [-0.39, 0.29) is 5.82 Å². The Labute approximate surface area is 304 Å². The molecule has 0 unspecified atom stereocenters. The van der Waals surface area contributed by atoms with Crippen LogP contribution in [0.5, 0.6) is 0 Å². The first-order valence-corrected chi connectivity index (χ1v) is 17.6. The van der Waals surface area contributed by atoms with Crippen LogP contribution < -0.4 is 0 Å². The smallest absolute Gasteiger partial charge is 0.164 e. The number of fused-ring (bicyclic) bond motifs is 6. The molecular formula is C48H29FN4. The summed E-state index contributed by atoms with van der Waals surface area (Å²) in [5.74, 6) is 1.59. The largest absolute Gasteiger partial charge is 0.247 e. The minimum absolute atomic E-state index is 0.272. The summed E-state index contributed by atoms with van der Waals surface area (Å²) in [6, 6.07) is 58.6. The number of benzene rings is 8. The van der Waals surface area contributed by atoms with Crippen LogP contribution in [-0.2, 0) is 0 Å². The highest BCUT2D eigenvalue weighted by atomic mass is 19.1. The van der Waals surface area contributed by atoms with E-state index in [1.807, 2.05) is 72.8 Å². The maximum Gasteiger partial charge on any atom is 0.164 e. The van der Waals surface area contributed by atoms with Gasteiger partial charge in [-0.15, -0.1) is 0 Å². The highest BCUT2D eigenvalue weighted by Crippen LogP contribution is 2.40. The van der Waals surface area contributed by atoms with Gasteiger partial charge in [0.2, 0.25) is 0 Å². The summed E-state index contributed by atoms with van der Waals surface area (Å²) in [4.78, 5) is 20.2. The third-order valence-corrected chi connectivity index (χ3v) is 9.98. The van der Waals surface area contributed by atoms with E-state index in [1.54, 1.807) is 0 Å². The van der Waals surface area contributed by atoms with Crippen LogP contribution in [0.3, 0.4) is 0 Å². The van der Waals surface area contributed by atoms with Crippen LogP contribution in [-0.4, -0.2) is 19.9 Å². The lowest BCUT2D eigenvalue weighted by atomic mass is 9.92. The van der Waals surface area contributed by atoms with Crippen molar-refractivity contribution in [3.05, 3.63) is 182 Å². The lowest BCUT2D eigenvalue weighted by Crippen LogP contribution is -2.00. The quantitative estimate of drug-likeness (QED) is 0.170. The summed E-state index contributed by atoms with van der Waals surface area (Å²) in [5.41, 5.74) is 7.48. The molecule has 0 amide bonds. The van der Waals surface area contributed by atoms with Gasteiger partial charge in [-0.3, -0.25) is 0 Å². The van der Waals surface area contributed by atoms with Gasteiger partial charge in [0.25, 0.3) is 0 Å². The number of hydrogen-bond donors (Lipinski definition) is 0. The molecule has 248 valence electrons. The van der Waals surface area contributed by atoms with Crippen LogP contribution in [0.15, 0.2) is 176 Å². The molecule has 0 saturated carbocycles. The zero-order valence-corrected chi connectivity index (χ0v) is 28.4. The normalized spacial score (nSPS) is 11.5. The summed E-state index contributed by atoms with van der Waals surface area (Å²) in [6.07, 6.45) is 0. The van der Waals surface area contributed by atoms with Crippen molar-refractivity contribution in [3.8, 4) is 56.5 Å². The Bertz CT molecular complexity index is 2940. The van der Waals surface area contributed by atoms with Gasteiger partial charge < -0.3 is 0 Å². The molecule has 0 aliphatic carbocycles. The molecule has 0 spiro atoms. The molecule has 0 N–H and O–H groups in total. The van der Waals surface area contributed by atoms with E-state index in [9.17, 15) is 4.39 Å². The van der Waals surface area contributed by atoms with Gasteiger partial charge >= 0.3 is 0 Å². The number of pyridine rings is 1. The Morgan fingerprint density at radius 3 is 1.58 bits per heavy atom. The second kappa shape index (κ2) is 12.6. The molecule has 8 aromatic carbocycles. The van der Waals surface area contributed by atoms with Gasteiger partial charge in [-0.1, -0.05) is 140 Å². The molecule has 10 aromatic rings. The molecule has 4 nitrogen and oxygen atoms in total. The number of hydrogen-bond acceptors (Lipinski definition) is 4. The zero-order valence-electron chi connectivity index (χ0n) is 28.4. The van der Waals surface area contributed by atoms with Gasteiger partial charge in [0.15, 0.2) is 17.5 Å². The number of rotatable bonds is 5. The molecular weight excluding hydrogens is 652 g/mol. The third kappa shape index (κ3) is 5.38. The fourth-order valence-corrected chi connectivity index (χ4v) is 7.45. The van der Waals surface area contributed by atoms with Crippen molar-refractivity contribution in [1.82, 2.24) is 19.9 Å². The highest BCUT2D eigenvalue weighted by molar-refractivity contribution is 6.22. The van der Waals surface area contributed by atoms with Crippen LogP contribution in [0.2, 0.25) is 0 Å². The van der Waals surface area contributed by atoms with E-state index in [0.29, 0.717) is 17.5 Å². The molecule has 0 saturated heterocycles. The lowest BCUT2D eigenvalue weighted by molar-refractivity contribution is 0.628. The van der Waals surface area contributed by atoms with Crippen molar-refractivity contribution in [3.63, 3.8) is 0 Å². The first-order chi connectivity index (χ1) is 26.2. The molecule has 53 heavy (non-hydrogen) atoms. The van der Waals surface area contributed by atoms with Gasteiger partial charge in [0.1, 0.15) is 5.82 Å². The minimum Gasteiger partial charge on any atom is -0.247 e. The summed E-state index contributed by atoms with van der Waals surface area (Å²) < 4.78 is 14.0. The number of aromatic nitrogens is 4. The second-order valence-corrected chi connectivity index (χ2v) is 13.2. The Hall–Kier alpha value is -7.11. The van der Waals surface area contributed by atoms with Crippen LogP contribution in [0.1, 0.15) is 0 Å². The molecule has 0 aliphatic rings. The Morgan fingerprint density at radius 1 is 0.340 bits per heavy atom. The van der Waals surface area contributed by atoms with Crippen LogP contribution in [0.25, 0.3) is 99.8 Å². The maximum absolute atomic E-state index is 14.0. The predicted molar refractivity (Wildman–Crippen MR) is 215 cm³/mol. The molecule has 0 fully saturated rings. The summed E-state index contributed by atoms with van der Waals surface area (Å²) >= 11 is 0. The number of halogens is 1. The van der Waals surface area contributed by atoms with Crippen LogP contribution >= 0.6 is 0 Å². The van der Waals surface area contributed by atoms with Gasteiger partial charge in [0, 0.05) is 38.4 Å². The molecule has 2 heterocycles. The third-order valence-electron chi connectivity index (χ3n) is 9.98. The monoisotopic (exact) mass is 680 g/mol. The topological polar surface area (TPSA) is 51.6 Å². The van der Waals surface area contributed by atoms with Crippen molar-refractivity contribution in [2.75, 3.05) is 0 Å². The van der Waals surface area contributed by atoms with Gasteiger partial charge in [-0.05, 0) is 69.1 Å². The van der Waals surface area contributed by atoms with Gasteiger partial charge in [-0.25, -0.2) is 24.3 Å². The molecule has 10 rings (SSSR count). The van der Waals surface area contributed by atoms with Crippen molar-refractivity contribution >= 4 is 43.2 Å². The van der Waals surface area contributed by atoms with Crippen molar-refractivity contribution in [2.24, 2.45) is 0 Å². The van der Waals surface area contributed by atoms with E-state index in [1.165, 1.54) is 12.1 Å². The van der Waals surface area contributed by atoms with E-state index in [0.717, 1.165) is 82.3 Å². The molecule has 0 bridgehead atoms. The minimum atomic E-state index is -0.272. The standard InChI is InChI=1S/C48H29FN4/c49-35-23-19-31(20-24-35)45-42-26-21-30-11-7-8-16-37(30)44(42)41-25-22-34(29-43(41)50-45)36-27-28-40(39-18-10-9-17-38(36)39)48-52-46(32-12-3-1-4-13-32)51-47(53-48)33-14-5-2-6-15-33/h1-29H. The van der Waals surface area contributed by atoms with Crippen molar-refractivity contribution in [2.45, 2.75) is 0 Å². The zero-order chi connectivity index (χ0) is 35.3. The second-order valence-electron chi connectivity index (χ2n) is 13.2. The van der Waals surface area contributed by atoms with Crippen molar-refractivity contribution < 1.29 is 4.39 Å². The van der Waals surface area contributed by atoms with Crippen LogP contribution in [0.4, 0.5) is 4.39 Å². The van der Waals surface area contributed by atoms with E-state index in [4.69, 9.17) is 19.9 Å². The average molecular weight is 681 g/mol. The van der Waals surface area contributed by atoms with Gasteiger partial charge in [-0.2, -0.15) is 0 Å². The maximum atomic E-state index is 14.0. The first-order valence-electron chi connectivity index (χ1n) is 17.6. The van der Waals surface area contributed by atoms with E-state index in [2.05, 4.69) is 91.0 Å². The Kier molecular flexibility index (Phi) is 7.29. The molecule has 2 aromatic heterocycles. The Balaban J connectivity index is 1.18. The first kappa shape index (κ1) is 30.7. The van der Waals surface area contributed by atoms with E-state index < -0.39 is 0 Å². The van der Waals surface area contributed by atoms with Gasteiger partial charge in [0.05, 0.1) is 11.2 Å². The molecule has 0 aliphatic heterocycles. The summed E-state index contributed by atoms with van der Waals surface area (Å²) in [7, 11) is 0. The fourth-order valence-electron chi connectivity index (χ4n) is 7.45. The molecule has 0 radical (unpaired) electrons.